The molecule has 25 heavy (non-hydrogen) atoms. The molecule has 0 saturated carbocycles. The Morgan fingerprint density at radius 1 is 1.24 bits per heavy atom. The smallest absolute Gasteiger partial charge is 0.339 e. The maximum Gasteiger partial charge on any atom is 0.339 e. The van der Waals surface area contributed by atoms with E-state index in [2.05, 4.69) is 5.32 Å². The average Bonchev–Trinajstić information content (AvgIpc) is 3.04. The molecule has 1 aliphatic rings. The van der Waals surface area contributed by atoms with E-state index >= 15 is 0 Å². The van der Waals surface area contributed by atoms with Crippen molar-refractivity contribution < 1.29 is 14.3 Å². The van der Waals surface area contributed by atoms with Gasteiger partial charge in [-0.15, -0.1) is 11.3 Å². The standard InChI is InChI=1S/C18H17Cl2NO3S/c1-10-6-7-13(19)17(16(10)20)21-15(22)8-24-18(23)12-9-25-14-5-3-2-4-11(12)14/h6-7,9H,2-5,8H2,1H3,(H,21,22). The van der Waals surface area contributed by atoms with Crippen LogP contribution in [0.2, 0.25) is 10.0 Å². The van der Waals surface area contributed by atoms with Crippen molar-refractivity contribution in [3.63, 3.8) is 0 Å². The van der Waals surface area contributed by atoms with Crippen LogP contribution in [0.5, 0.6) is 0 Å². The molecule has 0 saturated heterocycles. The molecule has 1 aromatic carbocycles. The van der Waals surface area contributed by atoms with Gasteiger partial charge in [-0.05, 0) is 49.8 Å². The van der Waals surface area contributed by atoms with Crippen LogP contribution in [0.1, 0.15) is 39.2 Å². The summed E-state index contributed by atoms with van der Waals surface area (Å²) in [7, 11) is 0. The SMILES string of the molecule is Cc1ccc(Cl)c(NC(=O)COC(=O)c2csc3c2CCCC3)c1Cl. The monoisotopic (exact) mass is 397 g/mol. The van der Waals surface area contributed by atoms with E-state index in [1.54, 1.807) is 23.5 Å². The van der Waals surface area contributed by atoms with Crippen LogP contribution in [0.25, 0.3) is 0 Å². The number of ether oxygens (including phenoxy) is 1. The van der Waals surface area contributed by atoms with Gasteiger partial charge in [-0.25, -0.2) is 4.79 Å². The first kappa shape index (κ1) is 18.2. The van der Waals surface area contributed by atoms with Gasteiger partial charge >= 0.3 is 5.97 Å². The Kier molecular flexibility index (Phi) is 5.67. The molecule has 1 aromatic heterocycles. The van der Waals surface area contributed by atoms with Gasteiger partial charge in [-0.1, -0.05) is 29.3 Å². The van der Waals surface area contributed by atoms with Gasteiger partial charge in [0, 0.05) is 10.3 Å². The molecule has 1 aliphatic carbocycles. The second kappa shape index (κ2) is 7.77. The summed E-state index contributed by atoms with van der Waals surface area (Å²) in [6.45, 7) is 1.43. The number of nitrogens with one attached hydrogen (secondary N) is 1. The largest absolute Gasteiger partial charge is 0.452 e. The fraction of sp³-hybridized carbons (Fsp3) is 0.333. The maximum absolute atomic E-state index is 12.3. The zero-order chi connectivity index (χ0) is 18.0. The molecule has 3 rings (SSSR count). The number of esters is 1. The van der Waals surface area contributed by atoms with Gasteiger partial charge in [-0.2, -0.15) is 0 Å². The van der Waals surface area contributed by atoms with Gasteiger partial charge in [0.05, 0.1) is 21.3 Å². The minimum Gasteiger partial charge on any atom is -0.452 e. The maximum atomic E-state index is 12.3. The second-order valence-corrected chi connectivity index (χ2v) is 7.69. The minimum absolute atomic E-state index is 0.331. The van der Waals surface area contributed by atoms with E-state index in [9.17, 15) is 9.59 Å². The molecule has 1 amide bonds. The van der Waals surface area contributed by atoms with Crippen LogP contribution in [0, 0.1) is 6.92 Å². The molecule has 2 aromatic rings. The average molecular weight is 398 g/mol. The molecule has 0 radical (unpaired) electrons. The molecule has 0 spiro atoms. The number of halogens is 2. The van der Waals surface area contributed by atoms with Crippen molar-refractivity contribution in [3.8, 4) is 0 Å². The van der Waals surface area contributed by atoms with Crippen LogP contribution in [0.15, 0.2) is 17.5 Å². The zero-order valence-electron chi connectivity index (χ0n) is 13.7. The van der Waals surface area contributed by atoms with Crippen LogP contribution in [-0.4, -0.2) is 18.5 Å². The predicted octanol–water partition coefficient (Wildman–Crippen LogP) is 5.04. The summed E-state index contributed by atoms with van der Waals surface area (Å²) in [4.78, 5) is 25.6. The van der Waals surface area contributed by atoms with Gasteiger partial charge in [0.1, 0.15) is 0 Å². The summed E-state index contributed by atoms with van der Waals surface area (Å²) in [6.07, 6.45) is 4.14. The molecule has 0 bridgehead atoms. The van der Waals surface area contributed by atoms with Crippen LogP contribution in [-0.2, 0) is 22.4 Å². The number of hydrogen-bond donors (Lipinski definition) is 1. The highest BCUT2D eigenvalue weighted by molar-refractivity contribution is 7.10. The Labute approximate surface area is 160 Å². The van der Waals surface area contributed by atoms with Crippen LogP contribution >= 0.6 is 34.5 Å². The lowest BCUT2D eigenvalue weighted by Crippen LogP contribution is -2.21. The van der Waals surface area contributed by atoms with Gasteiger partial charge in [0.15, 0.2) is 6.61 Å². The number of carbonyl (C=O) groups is 2. The molecule has 0 unspecified atom stereocenters. The van der Waals surface area contributed by atoms with Gasteiger partial charge in [-0.3, -0.25) is 4.79 Å². The molecule has 0 aliphatic heterocycles. The van der Waals surface area contributed by atoms with Crippen LogP contribution in [0.4, 0.5) is 5.69 Å². The van der Waals surface area contributed by atoms with Gasteiger partial charge in [0.25, 0.3) is 5.91 Å². The molecular formula is C18H17Cl2NO3S. The Hall–Kier alpha value is -1.56. The van der Waals surface area contributed by atoms with Crippen molar-refractivity contribution in [3.05, 3.63) is 49.1 Å². The van der Waals surface area contributed by atoms with E-state index in [0.29, 0.717) is 21.3 Å². The molecule has 4 nitrogen and oxygen atoms in total. The third-order valence-corrected chi connectivity index (χ3v) is 6.05. The van der Waals surface area contributed by atoms with Gasteiger partial charge < -0.3 is 10.1 Å². The number of aryl methyl sites for hydroxylation is 2. The number of amides is 1. The first-order valence-electron chi connectivity index (χ1n) is 7.98. The van der Waals surface area contributed by atoms with E-state index in [1.807, 2.05) is 12.3 Å². The highest BCUT2D eigenvalue weighted by Gasteiger charge is 2.22. The van der Waals surface area contributed by atoms with Crippen molar-refractivity contribution in [1.29, 1.82) is 0 Å². The Bertz CT molecular complexity index is 832. The Morgan fingerprint density at radius 2 is 2.00 bits per heavy atom. The fourth-order valence-electron chi connectivity index (χ4n) is 2.82. The minimum atomic E-state index is -0.480. The van der Waals surface area contributed by atoms with Crippen molar-refractivity contribution in [1.82, 2.24) is 0 Å². The summed E-state index contributed by atoms with van der Waals surface area (Å²) < 4.78 is 5.17. The highest BCUT2D eigenvalue weighted by atomic mass is 35.5. The second-order valence-electron chi connectivity index (χ2n) is 5.94. The van der Waals surface area contributed by atoms with Crippen molar-refractivity contribution in [2.24, 2.45) is 0 Å². The molecule has 132 valence electrons. The summed E-state index contributed by atoms with van der Waals surface area (Å²) >= 11 is 13.8. The number of rotatable bonds is 4. The van der Waals surface area contributed by atoms with Gasteiger partial charge in [0.2, 0.25) is 0 Å². The number of benzene rings is 1. The van der Waals surface area contributed by atoms with E-state index in [1.165, 1.54) is 4.88 Å². The third-order valence-electron chi connectivity index (χ3n) is 4.16. The summed E-state index contributed by atoms with van der Waals surface area (Å²) in [5.41, 5.74) is 2.78. The van der Waals surface area contributed by atoms with E-state index < -0.39 is 11.9 Å². The lowest BCUT2D eigenvalue weighted by atomic mass is 9.96. The molecule has 0 atom stereocenters. The highest BCUT2D eigenvalue weighted by Crippen LogP contribution is 2.33. The summed E-state index contributed by atoms with van der Waals surface area (Å²) in [5, 5.41) is 5.14. The predicted molar refractivity (Wildman–Crippen MR) is 101 cm³/mol. The number of carbonyl (C=O) groups excluding carboxylic acids is 2. The first-order valence-corrected chi connectivity index (χ1v) is 9.61. The van der Waals surface area contributed by atoms with Crippen molar-refractivity contribution >= 4 is 52.1 Å². The zero-order valence-corrected chi connectivity index (χ0v) is 16.0. The van der Waals surface area contributed by atoms with Crippen molar-refractivity contribution in [2.45, 2.75) is 32.6 Å². The quantitative estimate of drug-likeness (QED) is 0.735. The number of anilines is 1. The molecular weight excluding hydrogens is 381 g/mol. The molecule has 7 heteroatoms. The normalized spacial score (nSPS) is 13.2. The topological polar surface area (TPSA) is 55.4 Å². The first-order chi connectivity index (χ1) is 12.0. The van der Waals surface area contributed by atoms with E-state index in [4.69, 9.17) is 27.9 Å². The number of fused-ring (bicyclic) bond motifs is 1. The fourth-order valence-corrected chi connectivity index (χ4v) is 4.40. The van der Waals surface area contributed by atoms with E-state index in [-0.39, 0.29) is 6.61 Å². The number of thiophene rings is 1. The molecule has 1 N–H and O–H groups in total. The summed E-state index contributed by atoms with van der Waals surface area (Å²) in [6, 6.07) is 3.42. The lowest BCUT2D eigenvalue weighted by molar-refractivity contribution is -0.119. The van der Waals surface area contributed by atoms with Crippen molar-refractivity contribution in [2.75, 3.05) is 11.9 Å². The lowest BCUT2D eigenvalue weighted by Gasteiger charge is -2.13. The molecule has 0 fully saturated rings. The Morgan fingerprint density at radius 3 is 2.80 bits per heavy atom. The van der Waals surface area contributed by atoms with Crippen LogP contribution in [0.3, 0.4) is 0 Å². The number of hydrogen-bond acceptors (Lipinski definition) is 4. The van der Waals surface area contributed by atoms with E-state index in [0.717, 1.165) is 36.8 Å². The summed E-state index contributed by atoms with van der Waals surface area (Å²) in [5.74, 6) is -0.942. The Balaban J connectivity index is 1.62. The van der Waals surface area contributed by atoms with Crippen LogP contribution < -0.4 is 5.32 Å². The third kappa shape index (κ3) is 4.00. The molecule has 1 heterocycles.